The molecule has 1 N–H and O–H groups in total. The molecule has 2 rings (SSSR count). The third-order valence-electron chi connectivity index (χ3n) is 3.68. The SMILES string of the molecule is CCn1cc(S(=O)(=O)NC2CCCN(CCOC)C2)cn1. The van der Waals surface area contributed by atoms with Gasteiger partial charge in [0.25, 0.3) is 0 Å². The summed E-state index contributed by atoms with van der Waals surface area (Å²) < 4.78 is 34.2. The predicted molar refractivity (Wildman–Crippen MR) is 79.6 cm³/mol. The first-order valence-electron chi connectivity index (χ1n) is 7.31. The van der Waals surface area contributed by atoms with Gasteiger partial charge < -0.3 is 4.74 Å². The minimum absolute atomic E-state index is 0.0504. The van der Waals surface area contributed by atoms with Crippen molar-refractivity contribution in [2.24, 2.45) is 0 Å². The highest BCUT2D eigenvalue weighted by atomic mass is 32.2. The van der Waals surface area contributed by atoms with Crippen LogP contribution in [0.25, 0.3) is 0 Å². The third-order valence-corrected chi connectivity index (χ3v) is 5.16. The van der Waals surface area contributed by atoms with Crippen LogP contribution in [0.1, 0.15) is 19.8 Å². The molecule has 1 fully saturated rings. The van der Waals surface area contributed by atoms with Crippen molar-refractivity contribution in [1.29, 1.82) is 0 Å². The average molecular weight is 316 g/mol. The van der Waals surface area contributed by atoms with Crippen LogP contribution in [0.3, 0.4) is 0 Å². The maximum atomic E-state index is 12.3. The molecule has 1 aromatic heterocycles. The molecule has 7 nitrogen and oxygen atoms in total. The van der Waals surface area contributed by atoms with Crippen LogP contribution >= 0.6 is 0 Å². The summed E-state index contributed by atoms with van der Waals surface area (Å²) in [7, 11) is -1.81. The molecule has 0 spiro atoms. The van der Waals surface area contributed by atoms with E-state index in [1.807, 2.05) is 6.92 Å². The normalized spacial score (nSPS) is 20.8. The minimum atomic E-state index is -3.48. The summed E-state index contributed by atoms with van der Waals surface area (Å²) in [4.78, 5) is 2.47. The van der Waals surface area contributed by atoms with E-state index in [1.165, 1.54) is 6.20 Å². The lowest BCUT2D eigenvalue weighted by molar-refractivity contribution is 0.126. The largest absolute Gasteiger partial charge is 0.383 e. The van der Waals surface area contributed by atoms with Gasteiger partial charge in [-0.15, -0.1) is 0 Å². The van der Waals surface area contributed by atoms with Gasteiger partial charge in [-0.1, -0.05) is 0 Å². The number of nitrogens with one attached hydrogen (secondary N) is 1. The Labute approximate surface area is 126 Å². The summed E-state index contributed by atoms with van der Waals surface area (Å²) in [5.74, 6) is 0. The van der Waals surface area contributed by atoms with Gasteiger partial charge in [-0.25, -0.2) is 13.1 Å². The molecule has 1 atom stereocenters. The summed E-state index contributed by atoms with van der Waals surface area (Å²) in [6.45, 7) is 5.81. The van der Waals surface area contributed by atoms with E-state index >= 15 is 0 Å². The Morgan fingerprint density at radius 3 is 3.00 bits per heavy atom. The Morgan fingerprint density at radius 2 is 2.33 bits per heavy atom. The first-order chi connectivity index (χ1) is 10.0. The average Bonchev–Trinajstić information content (AvgIpc) is 2.95. The number of hydrogen-bond acceptors (Lipinski definition) is 5. The van der Waals surface area contributed by atoms with E-state index in [0.29, 0.717) is 13.2 Å². The van der Waals surface area contributed by atoms with Gasteiger partial charge in [0.05, 0.1) is 12.8 Å². The van der Waals surface area contributed by atoms with Crippen LogP contribution in [-0.4, -0.2) is 62.5 Å². The molecule has 0 radical (unpaired) electrons. The number of nitrogens with zero attached hydrogens (tertiary/aromatic N) is 3. The molecular weight excluding hydrogens is 292 g/mol. The number of likely N-dealkylation sites (tertiary alicyclic amines) is 1. The zero-order valence-corrected chi connectivity index (χ0v) is 13.5. The maximum Gasteiger partial charge on any atom is 0.243 e. The molecule has 0 aromatic carbocycles. The van der Waals surface area contributed by atoms with Crippen LogP contribution in [0, 0.1) is 0 Å². The van der Waals surface area contributed by atoms with Crippen LogP contribution in [0.2, 0.25) is 0 Å². The topological polar surface area (TPSA) is 76.5 Å². The molecule has 1 unspecified atom stereocenters. The van der Waals surface area contributed by atoms with Crippen LogP contribution in [0.5, 0.6) is 0 Å². The van der Waals surface area contributed by atoms with Gasteiger partial charge in [-0.3, -0.25) is 9.58 Å². The Hall–Kier alpha value is -0.960. The number of piperidine rings is 1. The van der Waals surface area contributed by atoms with Crippen LogP contribution in [0.15, 0.2) is 17.3 Å². The molecule has 8 heteroatoms. The van der Waals surface area contributed by atoms with Gasteiger partial charge in [-0.05, 0) is 26.3 Å². The molecule has 0 aliphatic carbocycles. The summed E-state index contributed by atoms with van der Waals surface area (Å²) in [6.07, 6.45) is 4.82. The summed E-state index contributed by atoms with van der Waals surface area (Å²) in [5, 5.41) is 4.02. The number of ether oxygens (including phenoxy) is 1. The van der Waals surface area contributed by atoms with E-state index in [2.05, 4.69) is 14.7 Å². The molecule has 120 valence electrons. The Bertz CT molecular complexity index is 543. The highest BCUT2D eigenvalue weighted by molar-refractivity contribution is 7.89. The molecule has 1 saturated heterocycles. The van der Waals surface area contributed by atoms with E-state index in [-0.39, 0.29) is 10.9 Å². The number of sulfonamides is 1. The van der Waals surface area contributed by atoms with Crippen molar-refractivity contribution in [3.05, 3.63) is 12.4 Å². The van der Waals surface area contributed by atoms with E-state index in [9.17, 15) is 8.42 Å². The molecule has 1 aliphatic rings. The van der Waals surface area contributed by atoms with Crippen molar-refractivity contribution < 1.29 is 13.2 Å². The fourth-order valence-corrected chi connectivity index (χ4v) is 3.73. The lowest BCUT2D eigenvalue weighted by Gasteiger charge is -2.32. The molecule has 21 heavy (non-hydrogen) atoms. The van der Waals surface area contributed by atoms with Crippen molar-refractivity contribution in [3.63, 3.8) is 0 Å². The van der Waals surface area contributed by atoms with E-state index in [4.69, 9.17) is 4.74 Å². The predicted octanol–water partition coefficient (Wildman–Crippen LogP) is 0.292. The Balaban J connectivity index is 1.96. The van der Waals surface area contributed by atoms with Crippen LogP contribution < -0.4 is 4.72 Å². The van der Waals surface area contributed by atoms with E-state index in [1.54, 1.807) is 18.0 Å². The van der Waals surface area contributed by atoms with Gasteiger partial charge in [-0.2, -0.15) is 5.10 Å². The van der Waals surface area contributed by atoms with E-state index in [0.717, 1.165) is 32.5 Å². The zero-order valence-electron chi connectivity index (χ0n) is 12.7. The first kappa shape index (κ1) is 16.4. The summed E-state index contributed by atoms with van der Waals surface area (Å²) >= 11 is 0. The minimum Gasteiger partial charge on any atom is -0.383 e. The quantitative estimate of drug-likeness (QED) is 0.782. The zero-order chi connectivity index (χ0) is 15.3. The van der Waals surface area contributed by atoms with Crippen LogP contribution in [0.4, 0.5) is 0 Å². The van der Waals surface area contributed by atoms with Crippen molar-refractivity contribution in [2.45, 2.75) is 37.2 Å². The van der Waals surface area contributed by atoms with Crippen molar-refractivity contribution >= 4 is 10.0 Å². The summed E-state index contributed by atoms with van der Waals surface area (Å²) in [5.41, 5.74) is 0. The lowest BCUT2D eigenvalue weighted by atomic mass is 10.1. The smallest absolute Gasteiger partial charge is 0.243 e. The molecule has 0 saturated carbocycles. The van der Waals surface area contributed by atoms with Crippen molar-refractivity contribution in [1.82, 2.24) is 19.4 Å². The molecular formula is C13H24N4O3S. The second kappa shape index (κ2) is 7.35. The van der Waals surface area contributed by atoms with Gasteiger partial charge in [0, 0.05) is 39.0 Å². The van der Waals surface area contributed by atoms with Crippen molar-refractivity contribution in [2.75, 3.05) is 33.4 Å². The Morgan fingerprint density at radius 1 is 1.52 bits per heavy atom. The third kappa shape index (κ3) is 4.50. The number of hydrogen-bond donors (Lipinski definition) is 1. The number of aromatic nitrogens is 2. The van der Waals surface area contributed by atoms with E-state index < -0.39 is 10.0 Å². The monoisotopic (exact) mass is 316 g/mol. The fraction of sp³-hybridized carbons (Fsp3) is 0.769. The Kier molecular flexibility index (Phi) is 5.74. The molecule has 1 aliphatic heterocycles. The standard InChI is InChI=1S/C13H24N4O3S/c1-3-17-11-13(9-14-17)21(18,19)15-12-5-4-6-16(10-12)7-8-20-2/h9,11-12,15H,3-8,10H2,1-2H3. The van der Waals surface area contributed by atoms with Gasteiger partial charge in [0.1, 0.15) is 4.90 Å². The second-order valence-corrected chi connectivity index (χ2v) is 7.00. The fourth-order valence-electron chi connectivity index (χ4n) is 2.52. The number of rotatable bonds is 7. The second-order valence-electron chi connectivity index (χ2n) is 5.29. The van der Waals surface area contributed by atoms with Crippen LogP contribution in [-0.2, 0) is 21.3 Å². The number of methoxy groups -OCH3 is 1. The molecule has 1 aromatic rings. The van der Waals surface area contributed by atoms with Gasteiger partial charge in [0.2, 0.25) is 10.0 Å². The number of aryl methyl sites for hydroxylation is 1. The lowest BCUT2D eigenvalue weighted by Crippen LogP contribution is -2.48. The highest BCUT2D eigenvalue weighted by Gasteiger charge is 2.25. The maximum absolute atomic E-state index is 12.3. The van der Waals surface area contributed by atoms with Gasteiger partial charge >= 0.3 is 0 Å². The van der Waals surface area contributed by atoms with Gasteiger partial charge in [0.15, 0.2) is 0 Å². The summed E-state index contributed by atoms with van der Waals surface area (Å²) in [6, 6.07) is -0.0504. The highest BCUT2D eigenvalue weighted by Crippen LogP contribution is 2.14. The molecule has 2 heterocycles. The van der Waals surface area contributed by atoms with Crippen molar-refractivity contribution in [3.8, 4) is 0 Å². The molecule has 0 bridgehead atoms. The molecule has 0 amide bonds. The first-order valence-corrected chi connectivity index (χ1v) is 8.79.